The second kappa shape index (κ2) is 21.5. The van der Waals surface area contributed by atoms with Gasteiger partial charge in [-0.3, -0.25) is 24.7 Å². The van der Waals surface area contributed by atoms with Crippen LogP contribution < -0.4 is 24.4 Å². The molecule has 3 fully saturated rings. The van der Waals surface area contributed by atoms with Gasteiger partial charge in [0.1, 0.15) is 29.5 Å². The van der Waals surface area contributed by atoms with E-state index in [1.807, 2.05) is 36.4 Å². The topological polar surface area (TPSA) is 165 Å². The number of rotatable bonds is 17. The monoisotopic (exact) mass is 924 g/mol. The Morgan fingerprint density at radius 2 is 1.54 bits per heavy atom. The summed E-state index contributed by atoms with van der Waals surface area (Å²) in [6.07, 6.45) is 1.64. The Kier molecular flexibility index (Phi) is 15.1. The molecule has 0 aliphatic carbocycles. The van der Waals surface area contributed by atoms with Gasteiger partial charge < -0.3 is 29.2 Å². The predicted molar refractivity (Wildman–Crippen MR) is 250 cm³/mol. The van der Waals surface area contributed by atoms with Crippen LogP contribution in [0.5, 0.6) is 17.2 Å². The average molecular weight is 926 g/mol. The molecule has 342 valence electrons. The molecule has 5 aromatic carbocycles. The van der Waals surface area contributed by atoms with Crippen molar-refractivity contribution < 1.29 is 37.1 Å². The highest BCUT2D eigenvalue weighted by Crippen LogP contribution is 2.34. The van der Waals surface area contributed by atoms with E-state index in [0.29, 0.717) is 56.8 Å². The van der Waals surface area contributed by atoms with Crippen LogP contribution in [0, 0.1) is 16.0 Å². The number of nitro benzene ring substituents is 1. The first-order valence-electron chi connectivity index (χ1n) is 21.9. The first kappa shape index (κ1) is 45.8. The third-order valence-electron chi connectivity index (χ3n) is 11.9. The molecule has 15 nitrogen and oxygen atoms in total. The van der Waals surface area contributed by atoms with Crippen LogP contribution in [-0.4, -0.2) is 114 Å². The van der Waals surface area contributed by atoms with Crippen molar-refractivity contribution in [3.8, 4) is 28.4 Å². The van der Waals surface area contributed by atoms with Crippen molar-refractivity contribution in [2.75, 3.05) is 95.6 Å². The number of nitro groups is 1. The van der Waals surface area contributed by atoms with E-state index in [9.17, 15) is 23.3 Å². The smallest absolute Gasteiger partial charge is 0.293 e. The Hall–Kier alpha value is -5.75. The van der Waals surface area contributed by atoms with Crippen molar-refractivity contribution in [2.45, 2.75) is 24.3 Å². The van der Waals surface area contributed by atoms with Gasteiger partial charge in [0.25, 0.3) is 21.6 Å². The molecule has 0 aromatic heterocycles. The quantitative estimate of drug-likeness (QED) is 0.0690. The van der Waals surface area contributed by atoms with Crippen LogP contribution in [0.3, 0.4) is 0 Å². The van der Waals surface area contributed by atoms with E-state index >= 15 is 0 Å². The molecule has 5 aromatic rings. The molecule has 0 radical (unpaired) electrons. The molecule has 3 saturated heterocycles. The van der Waals surface area contributed by atoms with Crippen LogP contribution in [0.4, 0.5) is 17.1 Å². The first-order valence-corrected chi connectivity index (χ1v) is 23.8. The molecule has 8 rings (SSSR count). The Labute approximate surface area is 384 Å². The van der Waals surface area contributed by atoms with Crippen LogP contribution in [-0.2, 0) is 26.0 Å². The summed E-state index contributed by atoms with van der Waals surface area (Å²) in [7, 11) is -4.54. The number of anilines is 2. The number of para-hydroxylation sites is 1. The number of carbonyl (C=O) groups excluding carboxylic acids is 1. The number of hydrogen-bond acceptors (Lipinski definition) is 13. The lowest BCUT2D eigenvalue weighted by Crippen LogP contribution is -2.46. The van der Waals surface area contributed by atoms with Gasteiger partial charge in [0.05, 0.1) is 28.6 Å². The summed E-state index contributed by atoms with van der Waals surface area (Å²) >= 11 is 6.25. The summed E-state index contributed by atoms with van der Waals surface area (Å²) in [5.74, 6) is 0.756. The molecule has 3 heterocycles. The number of sulfonamides is 1. The van der Waals surface area contributed by atoms with Crippen LogP contribution in [0.1, 0.15) is 28.8 Å². The Morgan fingerprint density at radius 1 is 0.800 bits per heavy atom. The Bertz CT molecular complexity index is 2530. The van der Waals surface area contributed by atoms with Crippen LogP contribution in [0.25, 0.3) is 11.1 Å². The maximum absolute atomic E-state index is 13.8. The number of piperazine rings is 1. The SMILES string of the molecule is O=C(NS(=O)(=O)c1ccc(NCC2CCOCC2)c([N+](=O)[O-])c1)c1ccc(N2CCN(Cc3cc(OCCN4CCOCC4)ccc3-c3ccc(Cl)cc3)CC2)cc1Oc1ccccc1. The molecule has 65 heavy (non-hydrogen) atoms. The second-order valence-electron chi connectivity index (χ2n) is 16.3. The number of nitrogens with one attached hydrogen (secondary N) is 2. The summed E-state index contributed by atoms with van der Waals surface area (Å²) in [4.78, 5) is 31.8. The molecule has 0 saturated carbocycles. The molecule has 0 atom stereocenters. The molecule has 3 aliphatic heterocycles. The Balaban J connectivity index is 0.957. The molecule has 2 N–H and O–H groups in total. The van der Waals surface area contributed by atoms with Gasteiger partial charge in [0, 0.05) is 95.0 Å². The van der Waals surface area contributed by atoms with Crippen LogP contribution in [0.15, 0.2) is 114 Å². The van der Waals surface area contributed by atoms with Crippen molar-refractivity contribution in [3.63, 3.8) is 0 Å². The number of ether oxygens (including phenoxy) is 4. The summed E-state index contributed by atoms with van der Waals surface area (Å²) < 4.78 is 52.8. The van der Waals surface area contributed by atoms with E-state index in [1.165, 1.54) is 12.1 Å². The van der Waals surface area contributed by atoms with Crippen LogP contribution in [0.2, 0.25) is 5.02 Å². The van der Waals surface area contributed by atoms with Gasteiger partial charge in [0.2, 0.25) is 0 Å². The number of hydrogen-bond donors (Lipinski definition) is 2. The lowest BCUT2D eigenvalue weighted by Gasteiger charge is -2.36. The number of amides is 1. The molecule has 0 unspecified atom stereocenters. The maximum Gasteiger partial charge on any atom is 0.293 e. The normalized spacial score (nSPS) is 16.5. The highest BCUT2D eigenvalue weighted by molar-refractivity contribution is 7.90. The minimum atomic E-state index is -4.54. The summed E-state index contributed by atoms with van der Waals surface area (Å²) in [6.45, 7) is 9.98. The molecule has 3 aliphatic rings. The van der Waals surface area contributed by atoms with E-state index < -0.39 is 31.4 Å². The molecular weight excluding hydrogens is 872 g/mol. The molecule has 0 spiro atoms. The van der Waals surface area contributed by atoms with Gasteiger partial charge in [0.15, 0.2) is 0 Å². The van der Waals surface area contributed by atoms with Gasteiger partial charge in [-0.2, -0.15) is 0 Å². The summed E-state index contributed by atoms with van der Waals surface area (Å²) in [6, 6.07) is 31.7. The van der Waals surface area contributed by atoms with E-state index in [1.54, 1.807) is 42.5 Å². The number of carbonyl (C=O) groups is 1. The van der Waals surface area contributed by atoms with Crippen molar-refractivity contribution in [1.29, 1.82) is 0 Å². The summed E-state index contributed by atoms with van der Waals surface area (Å²) in [5, 5.41) is 15.8. The van der Waals surface area contributed by atoms with E-state index in [2.05, 4.69) is 36.9 Å². The van der Waals surface area contributed by atoms with E-state index in [0.717, 1.165) is 93.0 Å². The molecular formula is C48H53ClN6O9S. The van der Waals surface area contributed by atoms with Gasteiger partial charge in [-0.1, -0.05) is 48.0 Å². The van der Waals surface area contributed by atoms with E-state index in [-0.39, 0.29) is 22.9 Å². The molecule has 17 heteroatoms. The molecule has 0 bridgehead atoms. The minimum absolute atomic E-state index is 0.0224. The van der Waals surface area contributed by atoms with Gasteiger partial charge in [-0.05, 0) is 96.1 Å². The number of benzene rings is 5. The third kappa shape index (κ3) is 12.1. The van der Waals surface area contributed by atoms with Crippen molar-refractivity contribution in [3.05, 3.63) is 135 Å². The van der Waals surface area contributed by atoms with Crippen molar-refractivity contribution in [2.24, 2.45) is 5.92 Å². The zero-order valence-corrected chi connectivity index (χ0v) is 37.6. The lowest BCUT2D eigenvalue weighted by molar-refractivity contribution is -0.384. The highest BCUT2D eigenvalue weighted by Gasteiger charge is 2.27. The number of nitrogens with zero attached hydrogens (tertiary/aromatic N) is 4. The first-order chi connectivity index (χ1) is 31.6. The maximum atomic E-state index is 13.8. The fourth-order valence-electron chi connectivity index (χ4n) is 8.24. The zero-order valence-electron chi connectivity index (χ0n) is 36.0. The Morgan fingerprint density at radius 3 is 2.28 bits per heavy atom. The van der Waals surface area contributed by atoms with E-state index in [4.69, 9.17) is 30.5 Å². The predicted octanol–water partition coefficient (Wildman–Crippen LogP) is 7.70. The van der Waals surface area contributed by atoms with Gasteiger partial charge >= 0.3 is 0 Å². The number of halogens is 1. The molecule has 1 amide bonds. The second-order valence-corrected chi connectivity index (χ2v) is 18.4. The summed E-state index contributed by atoms with van der Waals surface area (Å²) in [5.41, 5.74) is 3.87. The largest absolute Gasteiger partial charge is 0.492 e. The number of morpholine rings is 1. The minimum Gasteiger partial charge on any atom is -0.492 e. The lowest BCUT2D eigenvalue weighted by atomic mass is 9.98. The third-order valence-corrected chi connectivity index (χ3v) is 13.5. The van der Waals surface area contributed by atoms with Crippen molar-refractivity contribution >= 4 is 44.6 Å². The van der Waals surface area contributed by atoms with Gasteiger partial charge in [-0.25, -0.2) is 13.1 Å². The fraction of sp³-hybridized carbons (Fsp3) is 0.354. The van der Waals surface area contributed by atoms with Crippen LogP contribution >= 0.6 is 11.6 Å². The standard InChI is InChI=1S/C48H53ClN6O9S/c49-38-8-6-36(7-9-38)43-14-11-41(63-29-24-52-22-27-62-28-23-52)30-37(43)34-53-18-20-54(21-19-53)39-10-13-44(47(31-39)64-40-4-2-1-3-5-40)48(56)51-65(59,60)42-12-15-45(46(32-42)55(57)58)50-33-35-16-25-61-26-17-35/h1-15,30-32,35,50H,16-29,33-34H2,(H,51,56). The fourth-order valence-corrected chi connectivity index (χ4v) is 9.35. The van der Waals surface area contributed by atoms with Gasteiger partial charge in [-0.15, -0.1) is 0 Å². The zero-order chi connectivity index (χ0) is 45.2. The highest BCUT2D eigenvalue weighted by atomic mass is 35.5. The average Bonchev–Trinajstić information content (AvgIpc) is 3.32. The van der Waals surface area contributed by atoms with Crippen molar-refractivity contribution in [1.82, 2.24) is 14.5 Å².